The van der Waals surface area contributed by atoms with Gasteiger partial charge in [0.2, 0.25) is 7.37 Å². The van der Waals surface area contributed by atoms with Crippen LogP contribution in [0, 0.1) is 0 Å². The Bertz CT molecular complexity index is 868. The zero-order chi connectivity index (χ0) is 15.9. The Balaban J connectivity index is 2.02. The molecular weight excluding hydrogens is 303 g/mol. The van der Waals surface area contributed by atoms with E-state index in [2.05, 4.69) is 4.98 Å². The summed E-state index contributed by atoms with van der Waals surface area (Å²) >= 11 is 0. The molecule has 7 nitrogen and oxygen atoms in total. The summed E-state index contributed by atoms with van der Waals surface area (Å²) in [6, 6.07) is 7.15. The second kappa shape index (κ2) is 5.26. The molecule has 0 spiro atoms. The number of nitrogens with two attached hydrogens (primary N) is 1. The maximum Gasteiger partial charge on any atom is 0.312 e. The van der Waals surface area contributed by atoms with Crippen molar-refractivity contribution in [3.63, 3.8) is 0 Å². The minimum absolute atomic E-state index is 0.264. The summed E-state index contributed by atoms with van der Waals surface area (Å²) in [5.74, 6) is 6.12. The highest BCUT2D eigenvalue weighted by Crippen LogP contribution is 2.48. The van der Waals surface area contributed by atoms with E-state index in [-0.39, 0.29) is 11.4 Å². The van der Waals surface area contributed by atoms with E-state index in [0.717, 1.165) is 4.68 Å². The van der Waals surface area contributed by atoms with Crippen LogP contribution in [0.4, 0.5) is 5.82 Å². The molecule has 0 aliphatic carbocycles. The van der Waals surface area contributed by atoms with Gasteiger partial charge in [-0.15, -0.1) is 0 Å². The molecule has 8 heteroatoms. The molecule has 2 aromatic rings. The quantitative estimate of drug-likeness (QED) is 0.635. The summed E-state index contributed by atoms with van der Waals surface area (Å²) in [4.78, 5) is 28.1. The van der Waals surface area contributed by atoms with Gasteiger partial charge in [-0.25, -0.2) is 9.66 Å². The van der Waals surface area contributed by atoms with Gasteiger partial charge in [0.05, 0.1) is 11.0 Å². The number of anilines is 1. The van der Waals surface area contributed by atoms with E-state index < -0.39 is 7.37 Å². The van der Waals surface area contributed by atoms with Crippen LogP contribution in [0.25, 0.3) is 11.0 Å². The lowest BCUT2D eigenvalue weighted by molar-refractivity contribution is 0.489. The smallest absolute Gasteiger partial charge is 0.312 e. The lowest BCUT2D eigenvalue weighted by Gasteiger charge is -2.28. The first-order valence-corrected chi connectivity index (χ1v) is 9.00. The Morgan fingerprint density at radius 1 is 1.36 bits per heavy atom. The summed E-state index contributed by atoms with van der Waals surface area (Å²) in [5.41, 5.74) is 0.829. The molecule has 0 fully saturated rings. The SMILES string of the molecule is CP(=O)(O)C1=CCN(c2nc3ccccc3n(N)c2=O)CC1. The molecule has 1 aromatic carbocycles. The zero-order valence-electron chi connectivity index (χ0n) is 12.1. The molecule has 3 rings (SSSR count). The van der Waals surface area contributed by atoms with E-state index in [1.807, 2.05) is 6.07 Å². The fourth-order valence-electron chi connectivity index (χ4n) is 2.58. The van der Waals surface area contributed by atoms with Crippen molar-refractivity contribution >= 4 is 24.2 Å². The number of fused-ring (bicyclic) bond motifs is 1. The van der Waals surface area contributed by atoms with E-state index in [1.165, 1.54) is 6.66 Å². The minimum atomic E-state index is -3.21. The highest BCUT2D eigenvalue weighted by atomic mass is 31.2. The van der Waals surface area contributed by atoms with Gasteiger partial charge in [0, 0.05) is 25.1 Å². The lowest BCUT2D eigenvalue weighted by atomic mass is 10.2. The summed E-state index contributed by atoms with van der Waals surface area (Å²) in [5, 5.41) is 0.539. The molecule has 0 bridgehead atoms. The van der Waals surface area contributed by atoms with Gasteiger partial charge in [-0.05, 0) is 18.6 Å². The van der Waals surface area contributed by atoms with Crippen LogP contribution in [0.3, 0.4) is 0 Å². The number of hydrogen-bond acceptors (Lipinski definition) is 5. The number of para-hydroxylation sites is 2. The normalized spacial score (nSPS) is 18.1. The first kappa shape index (κ1) is 14.8. The second-order valence-electron chi connectivity index (χ2n) is 5.37. The molecule has 22 heavy (non-hydrogen) atoms. The standard InChI is InChI=1S/C14H17N4O3P/c1-22(20,21)10-6-8-17(9-7-10)13-14(19)18(15)12-5-3-2-4-11(12)16-13/h2-6H,7-9,15H2,1H3,(H,20,21). The van der Waals surface area contributed by atoms with Crippen molar-refractivity contribution in [1.82, 2.24) is 9.66 Å². The topological polar surface area (TPSA) is 101 Å². The summed E-state index contributed by atoms with van der Waals surface area (Å²) in [6.45, 7) is 2.16. The third-order valence-corrected chi connectivity index (χ3v) is 5.27. The zero-order valence-corrected chi connectivity index (χ0v) is 13.0. The van der Waals surface area contributed by atoms with Crippen molar-refractivity contribution in [1.29, 1.82) is 0 Å². The van der Waals surface area contributed by atoms with Crippen LogP contribution in [0.15, 0.2) is 40.5 Å². The molecule has 1 aromatic heterocycles. The summed E-state index contributed by atoms with van der Waals surface area (Å²) < 4.78 is 12.8. The molecule has 3 N–H and O–H groups in total. The Kier molecular flexibility index (Phi) is 3.54. The van der Waals surface area contributed by atoms with Gasteiger partial charge in [-0.3, -0.25) is 9.36 Å². The van der Waals surface area contributed by atoms with Gasteiger partial charge in [0.25, 0.3) is 0 Å². The molecule has 0 amide bonds. The van der Waals surface area contributed by atoms with E-state index in [1.54, 1.807) is 29.2 Å². The molecule has 1 aliphatic heterocycles. The summed E-state index contributed by atoms with van der Waals surface area (Å²) in [6.07, 6.45) is 2.13. The predicted molar refractivity (Wildman–Crippen MR) is 86.8 cm³/mol. The van der Waals surface area contributed by atoms with Crippen molar-refractivity contribution < 1.29 is 9.46 Å². The molecule has 1 atom stereocenters. The maximum absolute atomic E-state index is 12.4. The molecule has 1 aliphatic rings. The average Bonchev–Trinajstić information content (AvgIpc) is 2.50. The van der Waals surface area contributed by atoms with Crippen LogP contribution in [0.5, 0.6) is 0 Å². The Hall–Kier alpha value is -2.11. The monoisotopic (exact) mass is 320 g/mol. The first-order chi connectivity index (χ1) is 10.4. The molecule has 0 saturated heterocycles. The van der Waals surface area contributed by atoms with Gasteiger partial charge in [-0.2, -0.15) is 0 Å². The van der Waals surface area contributed by atoms with Crippen LogP contribution in [0.2, 0.25) is 0 Å². The van der Waals surface area contributed by atoms with Gasteiger partial charge in [0.15, 0.2) is 5.82 Å². The summed E-state index contributed by atoms with van der Waals surface area (Å²) in [7, 11) is -3.21. The van der Waals surface area contributed by atoms with Crippen molar-refractivity contribution in [2.24, 2.45) is 0 Å². The number of benzene rings is 1. The van der Waals surface area contributed by atoms with Gasteiger partial charge >= 0.3 is 5.56 Å². The van der Waals surface area contributed by atoms with E-state index >= 15 is 0 Å². The van der Waals surface area contributed by atoms with Gasteiger partial charge in [-0.1, -0.05) is 18.2 Å². The number of nitrogens with zero attached hydrogens (tertiary/aromatic N) is 3. The van der Waals surface area contributed by atoms with Crippen molar-refractivity contribution in [3.8, 4) is 0 Å². The molecule has 1 unspecified atom stereocenters. The second-order valence-corrected chi connectivity index (χ2v) is 7.70. The highest BCUT2D eigenvalue weighted by molar-refractivity contribution is 7.61. The highest BCUT2D eigenvalue weighted by Gasteiger charge is 2.24. The maximum atomic E-state index is 12.4. The van der Waals surface area contributed by atoms with E-state index in [0.29, 0.717) is 35.9 Å². The van der Waals surface area contributed by atoms with Crippen LogP contribution in [-0.2, 0) is 4.57 Å². The predicted octanol–water partition coefficient (Wildman–Crippen LogP) is 1.10. The Morgan fingerprint density at radius 2 is 2.09 bits per heavy atom. The third-order valence-electron chi connectivity index (χ3n) is 3.80. The van der Waals surface area contributed by atoms with E-state index in [9.17, 15) is 14.3 Å². The molecule has 0 radical (unpaired) electrons. The molecule has 116 valence electrons. The fourth-order valence-corrected chi connectivity index (χ4v) is 3.51. The van der Waals surface area contributed by atoms with Crippen LogP contribution in [-0.4, -0.2) is 34.3 Å². The number of aromatic nitrogens is 2. The van der Waals surface area contributed by atoms with Crippen molar-refractivity contribution in [3.05, 3.63) is 46.0 Å². The number of rotatable bonds is 2. The molecular formula is C14H17N4O3P. The molecule has 2 heterocycles. The van der Waals surface area contributed by atoms with E-state index in [4.69, 9.17) is 5.84 Å². The lowest BCUT2D eigenvalue weighted by Crippen LogP contribution is -2.38. The third kappa shape index (κ3) is 2.53. The molecule has 0 saturated carbocycles. The first-order valence-electron chi connectivity index (χ1n) is 6.89. The fraction of sp³-hybridized carbons (Fsp3) is 0.286. The van der Waals surface area contributed by atoms with Crippen LogP contribution in [0.1, 0.15) is 6.42 Å². The van der Waals surface area contributed by atoms with Crippen molar-refractivity contribution in [2.75, 3.05) is 30.5 Å². The number of hydrogen-bond donors (Lipinski definition) is 2. The number of nitrogen functional groups attached to an aromatic ring is 1. The Labute approximate surface area is 127 Å². The van der Waals surface area contributed by atoms with Crippen molar-refractivity contribution in [2.45, 2.75) is 6.42 Å². The Morgan fingerprint density at radius 3 is 2.73 bits per heavy atom. The van der Waals surface area contributed by atoms with Gasteiger partial charge in [0.1, 0.15) is 0 Å². The average molecular weight is 320 g/mol. The van der Waals surface area contributed by atoms with Crippen LogP contribution >= 0.6 is 7.37 Å². The van der Waals surface area contributed by atoms with Crippen LogP contribution < -0.4 is 16.3 Å². The minimum Gasteiger partial charge on any atom is -0.348 e. The largest absolute Gasteiger partial charge is 0.348 e. The van der Waals surface area contributed by atoms with Gasteiger partial charge < -0.3 is 15.6 Å².